The van der Waals surface area contributed by atoms with Crippen LogP contribution < -0.4 is 5.43 Å². The van der Waals surface area contributed by atoms with E-state index in [9.17, 15) is 27.2 Å². The predicted octanol–water partition coefficient (Wildman–Crippen LogP) is 3.83. The molecule has 0 saturated heterocycles. The van der Waals surface area contributed by atoms with Crippen LogP contribution in [-0.4, -0.2) is 22.4 Å². The normalized spacial score (nSPS) is 11.2. The van der Waals surface area contributed by atoms with E-state index in [1.807, 2.05) is 5.43 Å². The molecule has 0 heterocycles. The highest BCUT2D eigenvalue weighted by molar-refractivity contribution is 6.00. The van der Waals surface area contributed by atoms with Crippen LogP contribution in [0.15, 0.2) is 36.4 Å². The van der Waals surface area contributed by atoms with Gasteiger partial charge in [-0.15, -0.1) is 0 Å². The molecule has 0 saturated carbocycles. The average Bonchev–Trinajstić information content (AvgIpc) is 2.51. The van der Waals surface area contributed by atoms with E-state index in [0.29, 0.717) is 5.01 Å². The maximum absolute atomic E-state index is 13.9. The summed E-state index contributed by atoms with van der Waals surface area (Å²) in [6.45, 7) is 4.42. The molecule has 1 N–H and O–H groups in total. The minimum absolute atomic E-state index is 0.628. The highest BCUT2D eigenvalue weighted by Gasteiger charge is 2.33. The molecule has 0 spiro atoms. The molecule has 2 rings (SSSR count). The van der Waals surface area contributed by atoms with Crippen molar-refractivity contribution >= 4 is 11.8 Å². The number of hydrogen-bond acceptors (Lipinski definition) is 2. The van der Waals surface area contributed by atoms with Crippen LogP contribution >= 0.6 is 0 Å². The maximum atomic E-state index is 13.9. The molecule has 0 aromatic heterocycles. The summed E-state index contributed by atoms with van der Waals surface area (Å²) in [5, 5.41) is 0.628. The number of benzene rings is 2. The predicted molar refractivity (Wildman–Crippen MR) is 86.1 cm³/mol. The maximum Gasteiger partial charge on any atom is 0.278 e. The van der Waals surface area contributed by atoms with E-state index in [1.54, 1.807) is 0 Å². The summed E-state index contributed by atoms with van der Waals surface area (Å²) in [5.41, 5.74) is -0.916. The van der Waals surface area contributed by atoms with Crippen LogP contribution in [0, 0.1) is 23.3 Å². The molecule has 0 unspecified atom stereocenters. The fourth-order valence-electron chi connectivity index (χ4n) is 2.21. The Labute approximate surface area is 147 Å². The monoisotopic (exact) mass is 368 g/mol. The number of rotatable bonds is 2. The van der Waals surface area contributed by atoms with Crippen molar-refractivity contribution in [3.63, 3.8) is 0 Å². The minimum Gasteiger partial charge on any atom is -0.267 e. The molecule has 4 nitrogen and oxygen atoms in total. The van der Waals surface area contributed by atoms with E-state index in [0.717, 1.165) is 36.4 Å². The van der Waals surface area contributed by atoms with Crippen molar-refractivity contribution in [2.24, 2.45) is 0 Å². The summed E-state index contributed by atoms with van der Waals surface area (Å²) in [4.78, 5) is 24.9. The lowest BCUT2D eigenvalue weighted by Crippen LogP contribution is -2.56. The van der Waals surface area contributed by atoms with E-state index in [2.05, 4.69) is 0 Å². The molecule has 138 valence electrons. The fraction of sp³-hybridized carbons (Fsp3) is 0.222. The Morgan fingerprint density at radius 3 is 1.58 bits per heavy atom. The average molecular weight is 368 g/mol. The minimum atomic E-state index is -1.26. The number of nitrogens with one attached hydrogen (secondary N) is 1. The Morgan fingerprint density at radius 2 is 1.19 bits per heavy atom. The van der Waals surface area contributed by atoms with E-state index >= 15 is 0 Å². The Hall–Kier alpha value is -2.90. The van der Waals surface area contributed by atoms with Gasteiger partial charge in [-0.3, -0.25) is 15.0 Å². The second-order valence-corrected chi connectivity index (χ2v) is 6.45. The van der Waals surface area contributed by atoms with Crippen LogP contribution in [0.1, 0.15) is 41.5 Å². The Morgan fingerprint density at radius 1 is 0.808 bits per heavy atom. The molecule has 0 aliphatic rings. The quantitative estimate of drug-likeness (QED) is 0.647. The number of hydrazine groups is 1. The molecule has 0 fully saturated rings. The van der Waals surface area contributed by atoms with Crippen LogP contribution in [0.4, 0.5) is 17.6 Å². The first-order valence-electron chi connectivity index (χ1n) is 7.57. The SMILES string of the molecule is CC(C)(C)N(NC(=O)c1c(F)cccc1F)C(=O)c1c(F)cccc1F. The summed E-state index contributed by atoms with van der Waals surface area (Å²) in [7, 11) is 0. The standard InChI is InChI=1S/C18H16F4N2O2/c1-18(2,3)24(17(26)15-12(21)8-5-9-13(15)22)23-16(25)14-10(19)6-4-7-11(14)20/h4-9H,1-3H3,(H,23,25). The molecule has 0 aliphatic carbocycles. The lowest BCUT2D eigenvalue weighted by atomic mass is 10.1. The molecule has 26 heavy (non-hydrogen) atoms. The zero-order valence-corrected chi connectivity index (χ0v) is 14.2. The molecule has 0 atom stereocenters. The lowest BCUT2D eigenvalue weighted by Gasteiger charge is -2.35. The van der Waals surface area contributed by atoms with Gasteiger partial charge in [-0.1, -0.05) is 12.1 Å². The molecule has 0 aliphatic heterocycles. The summed E-state index contributed by atoms with van der Waals surface area (Å²) in [6.07, 6.45) is 0. The Bertz CT molecular complexity index is 822. The fourth-order valence-corrected chi connectivity index (χ4v) is 2.21. The van der Waals surface area contributed by atoms with E-state index in [1.165, 1.54) is 20.8 Å². The number of halogens is 4. The summed E-state index contributed by atoms with van der Waals surface area (Å²) in [6, 6.07) is 5.67. The molecule has 2 aromatic carbocycles. The lowest BCUT2D eigenvalue weighted by molar-refractivity contribution is 0.0347. The molecule has 8 heteroatoms. The number of carbonyl (C=O) groups is 2. The highest BCUT2D eigenvalue weighted by Crippen LogP contribution is 2.21. The first kappa shape index (κ1) is 19.4. The largest absolute Gasteiger partial charge is 0.278 e. The van der Waals surface area contributed by atoms with Crippen LogP contribution in [0.3, 0.4) is 0 Å². The van der Waals surface area contributed by atoms with Gasteiger partial charge in [-0.25, -0.2) is 22.6 Å². The first-order valence-corrected chi connectivity index (χ1v) is 7.57. The smallest absolute Gasteiger partial charge is 0.267 e. The van der Waals surface area contributed by atoms with Gasteiger partial charge in [0.2, 0.25) is 0 Å². The van der Waals surface area contributed by atoms with Crippen molar-refractivity contribution in [1.82, 2.24) is 10.4 Å². The van der Waals surface area contributed by atoms with Gasteiger partial charge in [0.1, 0.15) is 34.4 Å². The van der Waals surface area contributed by atoms with Crippen LogP contribution in [0.2, 0.25) is 0 Å². The van der Waals surface area contributed by atoms with Gasteiger partial charge in [0.05, 0.1) is 5.54 Å². The van der Waals surface area contributed by atoms with Crippen molar-refractivity contribution in [2.75, 3.05) is 0 Å². The van der Waals surface area contributed by atoms with E-state index in [-0.39, 0.29) is 0 Å². The zero-order valence-electron chi connectivity index (χ0n) is 14.2. The van der Waals surface area contributed by atoms with Gasteiger partial charge in [0, 0.05) is 0 Å². The number of amides is 2. The first-order chi connectivity index (χ1) is 12.0. The molecule has 0 bridgehead atoms. The van der Waals surface area contributed by atoms with Crippen LogP contribution in [-0.2, 0) is 0 Å². The van der Waals surface area contributed by atoms with Crippen molar-refractivity contribution in [3.8, 4) is 0 Å². The van der Waals surface area contributed by atoms with Gasteiger partial charge < -0.3 is 0 Å². The van der Waals surface area contributed by atoms with Gasteiger partial charge in [-0.05, 0) is 45.0 Å². The topological polar surface area (TPSA) is 49.4 Å². The molecule has 0 radical (unpaired) electrons. The number of nitrogens with zero attached hydrogens (tertiary/aromatic N) is 1. The van der Waals surface area contributed by atoms with Gasteiger partial charge in [0.25, 0.3) is 11.8 Å². The number of carbonyl (C=O) groups excluding carboxylic acids is 2. The van der Waals surface area contributed by atoms with Crippen LogP contribution in [0.5, 0.6) is 0 Å². The molecular weight excluding hydrogens is 352 g/mol. The van der Waals surface area contributed by atoms with E-state index < -0.39 is 51.7 Å². The third-order valence-corrected chi connectivity index (χ3v) is 3.45. The zero-order chi connectivity index (χ0) is 19.6. The van der Waals surface area contributed by atoms with Crippen molar-refractivity contribution < 1.29 is 27.2 Å². The summed E-state index contributed by atoms with van der Waals surface area (Å²) in [5.74, 6) is -6.99. The van der Waals surface area contributed by atoms with Crippen molar-refractivity contribution in [2.45, 2.75) is 26.3 Å². The van der Waals surface area contributed by atoms with Gasteiger partial charge >= 0.3 is 0 Å². The van der Waals surface area contributed by atoms with E-state index in [4.69, 9.17) is 0 Å². The van der Waals surface area contributed by atoms with Crippen LogP contribution in [0.25, 0.3) is 0 Å². The second kappa shape index (κ2) is 7.15. The molecule has 2 amide bonds. The second-order valence-electron chi connectivity index (χ2n) is 6.45. The summed E-state index contributed by atoms with van der Waals surface area (Å²) >= 11 is 0. The summed E-state index contributed by atoms with van der Waals surface area (Å²) < 4.78 is 55.4. The third kappa shape index (κ3) is 3.84. The Kier molecular flexibility index (Phi) is 5.34. The molecular formula is C18H16F4N2O2. The highest BCUT2D eigenvalue weighted by atomic mass is 19.1. The third-order valence-electron chi connectivity index (χ3n) is 3.45. The van der Waals surface area contributed by atoms with Crippen molar-refractivity contribution in [3.05, 3.63) is 70.8 Å². The van der Waals surface area contributed by atoms with Gasteiger partial charge in [0.15, 0.2) is 0 Å². The van der Waals surface area contributed by atoms with Crippen molar-refractivity contribution in [1.29, 1.82) is 0 Å². The van der Waals surface area contributed by atoms with Gasteiger partial charge in [-0.2, -0.15) is 0 Å². The molecule has 2 aromatic rings. The Balaban J connectivity index is 2.44. The number of hydrogen-bond donors (Lipinski definition) is 1.